The van der Waals surface area contributed by atoms with E-state index in [9.17, 15) is 27.9 Å². The quantitative estimate of drug-likeness (QED) is 0.327. The zero-order chi connectivity index (χ0) is 28.0. The molecule has 0 bridgehead atoms. The Morgan fingerprint density at radius 1 is 1.05 bits per heavy atom. The zero-order valence-electron chi connectivity index (χ0n) is 21.7. The summed E-state index contributed by atoms with van der Waals surface area (Å²) in [6, 6.07) is 13.9. The fourth-order valence-electron chi connectivity index (χ4n) is 4.46. The van der Waals surface area contributed by atoms with E-state index in [-0.39, 0.29) is 19.6 Å². The van der Waals surface area contributed by atoms with Gasteiger partial charge < -0.3 is 19.5 Å². The molecule has 9 heteroatoms. The predicted molar refractivity (Wildman–Crippen MR) is 139 cm³/mol. The molecule has 2 aliphatic rings. The summed E-state index contributed by atoms with van der Waals surface area (Å²) in [7, 11) is 0. The lowest BCUT2D eigenvalue weighted by atomic mass is 9.78. The van der Waals surface area contributed by atoms with Gasteiger partial charge in [-0.2, -0.15) is 13.2 Å². The van der Waals surface area contributed by atoms with Crippen molar-refractivity contribution in [1.29, 1.82) is 0 Å². The minimum Gasteiger partial charge on any atom is -0.493 e. The van der Waals surface area contributed by atoms with Crippen LogP contribution in [0.4, 0.5) is 18.0 Å². The van der Waals surface area contributed by atoms with Gasteiger partial charge in [0, 0.05) is 24.6 Å². The SMILES string of the molecule is CCN(CC1(C(F)(F)F)C=CC(c2cc(CC(=O)O)ccc2OCC2CC2)C=C1)C(=O)OCc1ccccc1. The first kappa shape index (κ1) is 28.3. The van der Waals surface area contributed by atoms with Crippen LogP contribution in [0, 0.1) is 11.3 Å². The molecule has 0 atom stereocenters. The number of carbonyl (C=O) groups excluding carboxylic acids is 1. The lowest BCUT2D eigenvalue weighted by Gasteiger charge is -2.37. The van der Waals surface area contributed by atoms with E-state index < -0.39 is 36.1 Å². The van der Waals surface area contributed by atoms with Crippen LogP contribution in [0.3, 0.4) is 0 Å². The second kappa shape index (κ2) is 12.0. The maximum Gasteiger partial charge on any atom is 0.410 e. The van der Waals surface area contributed by atoms with E-state index in [0.717, 1.165) is 35.5 Å². The van der Waals surface area contributed by atoms with E-state index in [1.54, 1.807) is 49.4 Å². The average Bonchev–Trinajstić information content (AvgIpc) is 3.74. The molecule has 0 radical (unpaired) electrons. The van der Waals surface area contributed by atoms with Crippen molar-refractivity contribution in [2.24, 2.45) is 11.3 Å². The average molecular weight is 544 g/mol. The number of rotatable bonds is 11. The van der Waals surface area contributed by atoms with Crippen LogP contribution in [0.5, 0.6) is 5.75 Å². The fraction of sp³-hybridized carbons (Fsp3) is 0.400. The lowest BCUT2D eigenvalue weighted by molar-refractivity contribution is -0.193. The molecule has 208 valence electrons. The number of hydrogen-bond acceptors (Lipinski definition) is 4. The Balaban J connectivity index is 1.54. The second-order valence-corrected chi connectivity index (χ2v) is 10.0. The van der Waals surface area contributed by atoms with Crippen LogP contribution in [0.15, 0.2) is 72.8 Å². The van der Waals surface area contributed by atoms with E-state index in [1.807, 2.05) is 6.07 Å². The minimum atomic E-state index is -4.67. The molecule has 1 amide bonds. The van der Waals surface area contributed by atoms with E-state index in [1.165, 1.54) is 12.2 Å². The summed E-state index contributed by atoms with van der Waals surface area (Å²) >= 11 is 0. The van der Waals surface area contributed by atoms with Crippen molar-refractivity contribution >= 4 is 12.1 Å². The van der Waals surface area contributed by atoms with Gasteiger partial charge in [0.15, 0.2) is 0 Å². The van der Waals surface area contributed by atoms with E-state index >= 15 is 0 Å². The molecule has 0 aliphatic heterocycles. The number of allylic oxidation sites excluding steroid dienone is 2. The fourth-order valence-corrected chi connectivity index (χ4v) is 4.46. The van der Waals surface area contributed by atoms with Gasteiger partial charge in [-0.25, -0.2) is 4.79 Å². The third-order valence-electron chi connectivity index (χ3n) is 6.99. The standard InChI is InChI=1S/C30H32F3NO5/c1-2-34(28(37)39-19-21-6-4-3-5-7-21)20-29(30(31,32)33)14-12-24(13-15-29)25-16-23(17-27(35)36)10-11-26(25)38-18-22-8-9-22/h3-7,10-16,22,24H,2,8-9,17-20H2,1H3,(H,35,36). The summed E-state index contributed by atoms with van der Waals surface area (Å²) < 4.78 is 54.7. The molecule has 1 saturated carbocycles. The molecule has 0 spiro atoms. The molecular formula is C30H32F3NO5. The molecule has 0 heterocycles. The summed E-state index contributed by atoms with van der Waals surface area (Å²) in [4.78, 5) is 25.0. The number of aliphatic carboxylic acids is 1. The summed E-state index contributed by atoms with van der Waals surface area (Å²) in [6.07, 6.45) is 1.50. The highest BCUT2D eigenvalue weighted by molar-refractivity contribution is 5.70. The second-order valence-electron chi connectivity index (χ2n) is 10.0. The van der Waals surface area contributed by atoms with Crippen molar-refractivity contribution in [3.63, 3.8) is 0 Å². The number of nitrogens with zero attached hydrogens (tertiary/aromatic N) is 1. The topological polar surface area (TPSA) is 76.1 Å². The van der Waals surface area contributed by atoms with Crippen molar-refractivity contribution in [3.8, 4) is 5.75 Å². The van der Waals surface area contributed by atoms with E-state index in [2.05, 4.69) is 0 Å². The molecule has 2 aromatic rings. The third kappa shape index (κ3) is 7.22. The van der Waals surface area contributed by atoms with Gasteiger partial charge in [-0.1, -0.05) is 66.8 Å². The van der Waals surface area contributed by atoms with E-state index in [0.29, 0.717) is 29.4 Å². The van der Waals surface area contributed by atoms with Gasteiger partial charge in [0.05, 0.1) is 13.0 Å². The maximum atomic E-state index is 14.5. The summed E-state index contributed by atoms with van der Waals surface area (Å²) in [5.74, 6) is -0.566. The maximum absolute atomic E-state index is 14.5. The van der Waals surface area contributed by atoms with Crippen molar-refractivity contribution in [1.82, 2.24) is 4.90 Å². The Kier molecular flexibility index (Phi) is 8.67. The Labute approximate surface area is 225 Å². The van der Waals surface area contributed by atoms with Crippen LogP contribution in [-0.4, -0.2) is 47.9 Å². The molecule has 2 aromatic carbocycles. The van der Waals surface area contributed by atoms with Crippen molar-refractivity contribution in [2.75, 3.05) is 19.7 Å². The molecule has 0 saturated heterocycles. The van der Waals surface area contributed by atoms with Crippen LogP contribution in [0.25, 0.3) is 0 Å². The number of halogens is 3. The summed E-state index contributed by atoms with van der Waals surface area (Å²) in [5.41, 5.74) is -0.534. The largest absolute Gasteiger partial charge is 0.493 e. The molecule has 2 aliphatic carbocycles. The highest BCUT2D eigenvalue weighted by Gasteiger charge is 2.53. The molecule has 1 fully saturated rings. The highest BCUT2D eigenvalue weighted by Crippen LogP contribution is 2.46. The van der Waals surface area contributed by atoms with Crippen LogP contribution in [-0.2, 0) is 22.6 Å². The number of alkyl halides is 3. The predicted octanol–water partition coefficient (Wildman–Crippen LogP) is 6.52. The van der Waals surface area contributed by atoms with Gasteiger partial charge in [0.25, 0.3) is 0 Å². The zero-order valence-corrected chi connectivity index (χ0v) is 21.7. The number of hydrogen-bond donors (Lipinski definition) is 1. The molecule has 0 unspecified atom stereocenters. The van der Waals surface area contributed by atoms with Gasteiger partial charge in [-0.05, 0) is 42.9 Å². The smallest absolute Gasteiger partial charge is 0.410 e. The van der Waals surface area contributed by atoms with Crippen LogP contribution in [0.1, 0.15) is 42.4 Å². The Bertz CT molecular complexity index is 1210. The van der Waals surface area contributed by atoms with Gasteiger partial charge in [-0.15, -0.1) is 0 Å². The number of carbonyl (C=O) groups is 2. The molecular weight excluding hydrogens is 511 g/mol. The molecule has 39 heavy (non-hydrogen) atoms. The molecule has 4 rings (SSSR count). The number of ether oxygens (including phenoxy) is 2. The number of carboxylic acids is 1. The monoisotopic (exact) mass is 543 g/mol. The number of amides is 1. The number of carboxylic acid groups (broad SMARTS) is 1. The highest BCUT2D eigenvalue weighted by atomic mass is 19.4. The van der Waals surface area contributed by atoms with Gasteiger partial charge >= 0.3 is 18.2 Å². The molecule has 1 N–H and O–H groups in total. The first-order valence-corrected chi connectivity index (χ1v) is 13.0. The number of benzene rings is 2. The Morgan fingerprint density at radius 2 is 1.74 bits per heavy atom. The minimum absolute atomic E-state index is 0.0347. The van der Waals surface area contributed by atoms with Crippen molar-refractivity contribution in [2.45, 2.75) is 44.9 Å². The summed E-state index contributed by atoms with van der Waals surface area (Å²) in [5, 5.41) is 9.21. The van der Waals surface area contributed by atoms with Crippen LogP contribution in [0.2, 0.25) is 0 Å². The van der Waals surface area contributed by atoms with Crippen LogP contribution < -0.4 is 4.74 Å². The van der Waals surface area contributed by atoms with Gasteiger partial charge in [0.1, 0.15) is 17.8 Å². The molecule has 6 nitrogen and oxygen atoms in total. The lowest BCUT2D eigenvalue weighted by Crippen LogP contribution is -2.48. The van der Waals surface area contributed by atoms with Gasteiger partial charge in [0.2, 0.25) is 0 Å². The molecule has 0 aromatic heterocycles. The first-order valence-electron chi connectivity index (χ1n) is 13.0. The van der Waals surface area contributed by atoms with Crippen LogP contribution >= 0.6 is 0 Å². The van der Waals surface area contributed by atoms with E-state index in [4.69, 9.17) is 9.47 Å². The van der Waals surface area contributed by atoms with Crippen molar-refractivity contribution in [3.05, 3.63) is 89.5 Å². The first-order chi connectivity index (χ1) is 18.6. The van der Waals surface area contributed by atoms with Gasteiger partial charge in [-0.3, -0.25) is 4.79 Å². The third-order valence-corrected chi connectivity index (χ3v) is 6.99. The normalized spacial score (nSPS) is 20.5. The Morgan fingerprint density at radius 3 is 2.33 bits per heavy atom. The van der Waals surface area contributed by atoms with Crippen molar-refractivity contribution < 1.29 is 37.3 Å². The Hall–Kier alpha value is -3.75. The summed E-state index contributed by atoms with van der Waals surface area (Å²) in [6.45, 7) is 1.47.